The van der Waals surface area contributed by atoms with E-state index in [0.29, 0.717) is 5.82 Å². The first-order valence-electron chi connectivity index (χ1n) is 7.28. The molecule has 0 atom stereocenters. The number of hydrogen-bond donors (Lipinski definition) is 1. The van der Waals surface area contributed by atoms with Crippen LogP contribution in [-0.4, -0.2) is 23.6 Å². The summed E-state index contributed by atoms with van der Waals surface area (Å²) in [6.07, 6.45) is 2.04. The Morgan fingerprint density at radius 1 is 1.10 bits per heavy atom. The van der Waals surface area contributed by atoms with E-state index in [2.05, 4.69) is 15.3 Å². The standard InChI is InChI=1S/C17H22FN3/c1-11-10-14(18)7-8-15(11)17-20-12(2)16(13(3)21-17)6-5-9-19-4/h7-8,10,19H,5-6,9H2,1-4H3. The van der Waals surface area contributed by atoms with Crippen molar-refractivity contribution in [3.05, 3.63) is 46.5 Å². The smallest absolute Gasteiger partial charge is 0.159 e. The molecule has 1 N–H and O–H groups in total. The van der Waals surface area contributed by atoms with E-state index in [4.69, 9.17) is 0 Å². The number of hydrogen-bond acceptors (Lipinski definition) is 3. The van der Waals surface area contributed by atoms with E-state index in [1.165, 1.54) is 17.7 Å². The largest absolute Gasteiger partial charge is 0.320 e. The maximum atomic E-state index is 13.2. The zero-order valence-electron chi connectivity index (χ0n) is 13.1. The van der Waals surface area contributed by atoms with Crippen molar-refractivity contribution in [3.8, 4) is 11.4 Å². The third-order valence-electron chi connectivity index (χ3n) is 3.70. The van der Waals surface area contributed by atoms with Gasteiger partial charge in [0.25, 0.3) is 0 Å². The molecule has 0 amide bonds. The van der Waals surface area contributed by atoms with Gasteiger partial charge in [-0.2, -0.15) is 0 Å². The fraction of sp³-hybridized carbons (Fsp3) is 0.412. The van der Waals surface area contributed by atoms with Crippen molar-refractivity contribution in [3.63, 3.8) is 0 Å². The monoisotopic (exact) mass is 287 g/mol. The summed E-state index contributed by atoms with van der Waals surface area (Å²) in [6.45, 7) is 6.91. The Hall–Kier alpha value is -1.81. The average Bonchev–Trinajstić information content (AvgIpc) is 2.41. The van der Waals surface area contributed by atoms with Gasteiger partial charge in [-0.05, 0) is 76.5 Å². The second kappa shape index (κ2) is 6.76. The molecule has 1 aromatic heterocycles. The molecule has 1 aromatic carbocycles. The fourth-order valence-corrected chi connectivity index (χ4v) is 2.54. The maximum absolute atomic E-state index is 13.2. The molecule has 0 saturated heterocycles. The van der Waals surface area contributed by atoms with Crippen LogP contribution in [0.15, 0.2) is 18.2 Å². The fourth-order valence-electron chi connectivity index (χ4n) is 2.54. The molecule has 112 valence electrons. The highest BCUT2D eigenvalue weighted by Gasteiger charge is 2.11. The van der Waals surface area contributed by atoms with Gasteiger partial charge in [0.05, 0.1) is 0 Å². The van der Waals surface area contributed by atoms with Crippen LogP contribution in [0, 0.1) is 26.6 Å². The summed E-state index contributed by atoms with van der Waals surface area (Å²) in [6, 6.07) is 4.72. The van der Waals surface area contributed by atoms with Crippen LogP contribution in [0.5, 0.6) is 0 Å². The molecule has 1 heterocycles. The van der Waals surface area contributed by atoms with Crippen LogP contribution >= 0.6 is 0 Å². The van der Waals surface area contributed by atoms with Crippen LogP contribution in [0.1, 0.15) is 28.9 Å². The normalized spacial score (nSPS) is 10.9. The summed E-state index contributed by atoms with van der Waals surface area (Å²) in [7, 11) is 1.95. The van der Waals surface area contributed by atoms with Crippen LogP contribution in [0.25, 0.3) is 11.4 Å². The van der Waals surface area contributed by atoms with E-state index in [1.807, 2.05) is 27.8 Å². The van der Waals surface area contributed by atoms with Crippen molar-refractivity contribution in [1.29, 1.82) is 0 Å². The quantitative estimate of drug-likeness (QED) is 0.857. The molecule has 0 saturated carbocycles. The summed E-state index contributed by atoms with van der Waals surface area (Å²) < 4.78 is 13.2. The van der Waals surface area contributed by atoms with Gasteiger partial charge in [0.2, 0.25) is 0 Å². The van der Waals surface area contributed by atoms with Crippen molar-refractivity contribution < 1.29 is 4.39 Å². The van der Waals surface area contributed by atoms with Crippen LogP contribution in [0.2, 0.25) is 0 Å². The van der Waals surface area contributed by atoms with Crippen molar-refractivity contribution >= 4 is 0 Å². The summed E-state index contributed by atoms with van der Waals surface area (Å²) in [5, 5.41) is 3.15. The van der Waals surface area contributed by atoms with Gasteiger partial charge in [-0.3, -0.25) is 0 Å². The average molecular weight is 287 g/mol. The zero-order chi connectivity index (χ0) is 15.4. The van der Waals surface area contributed by atoms with Gasteiger partial charge < -0.3 is 5.32 Å². The summed E-state index contributed by atoms with van der Waals surface area (Å²) >= 11 is 0. The molecule has 2 rings (SSSR count). The SMILES string of the molecule is CNCCCc1c(C)nc(-c2ccc(F)cc2C)nc1C. The van der Waals surface area contributed by atoms with Crippen molar-refractivity contribution in [1.82, 2.24) is 15.3 Å². The van der Waals surface area contributed by atoms with E-state index in [9.17, 15) is 4.39 Å². The van der Waals surface area contributed by atoms with Crippen LogP contribution in [0.4, 0.5) is 4.39 Å². The second-order valence-corrected chi connectivity index (χ2v) is 5.36. The number of nitrogens with one attached hydrogen (secondary N) is 1. The molecule has 4 heteroatoms. The first kappa shape index (κ1) is 15.6. The van der Waals surface area contributed by atoms with E-state index in [0.717, 1.165) is 41.9 Å². The molecule has 0 aliphatic rings. The number of halogens is 1. The molecular formula is C17H22FN3. The van der Waals surface area contributed by atoms with Crippen molar-refractivity contribution in [2.75, 3.05) is 13.6 Å². The highest BCUT2D eigenvalue weighted by Crippen LogP contribution is 2.23. The van der Waals surface area contributed by atoms with E-state index >= 15 is 0 Å². The van der Waals surface area contributed by atoms with Crippen molar-refractivity contribution in [2.24, 2.45) is 0 Å². The molecule has 3 nitrogen and oxygen atoms in total. The first-order chi connectivity index (χ1) is 10.0. The Balaban J connectivity index is 2.35. The van der Waals surface area contributed by atoms with E-state index in [-0.39, 0.29) is 5.82 Å². The van der Waals surface area contributed by atoms with Gasteiger partial charge in [0.1, 0.15) is 5.82 Å². The second-order valence-electron chi connectivity index (χ2n) is 5.36. The predicted molar refractivity (Wildman–Crippen MR) is 83.9 cm³/mol. The molecular weight excluding hydrogens is 265 g/mol. The summed E-state index contributed by atoms with van der Waals surface area (Å²) in [5.41, 5.74) is 4.99. The van der Waals surface area contributed by atoms with E-state index < -0.39 is 0 Å². The first-order valence-corrected chi connectivity index (χ1v) is 7.28. The number of aromatic nitrogens is 2. The van der Waals surface area contributed by atoms with Crippen LogP contribution in [-0.2, 0) is 6.42 Å². The van der Waals surface area contributed by atoms with Crippen LogP contribution in [0.3, 0.4) is 0 Å². The van der Waals surface area contributed by atoms with Gasteiger partial charge in [-0.15, -0.1) is 0 Å². The Bertz CT molecular complexity index is 615. The minimum atomic E-state index is -0.228. The molecule has 0 spiro atoms. The zero-order valence-corrected chi connectivity index (χ0v) is 13.1. The highest BCUT2D eigenvalue weighted by atomic mass is 19.1. The number of aryl methyl sites for hydroxylation is 3. The molecule has 0 radical (unpaired) electrons. The predicted octanol–water partition coefficient (Wildman–Crippen LogP) is 3.36. The van der Waals surface area contributed by atoms with Crippen LogP contribution < -0.4 is 5.32 Å². The lowest BCUT2D eigenvalue weighted by atomic mass is 10.0. The summed E-state index contributed by atoms with van der Waals surface area (Å²) in [5.74, 6) is 0.452. The molecule has 2 aromatic rings. The van der Waals surface area contributed by atoms with Gasteiger partial charge >= 0.3 is 0 Å². The Labute approximate surface area is 125 Å². The minimum Gasteiger partial charge on any atom is -0.320 e. The molecule has 0 aliphatic heterocycles. The maximum Gasteiger partial charge on any atom is 0.159 e. The Morgan fingerprint density at radius 3 is 2.33 bits per heavy atom. The number of nitrogens with zero attached hydrogens (tertiary/aromatic N) is 2. The molecule has 0 bridgehead atoms. The summed E-state index contributed by atoms with van der Waals surface area (Å²) in [4.78, 5) is 9.24. The van der Waals surface area contributed by atoms with Gasteiger partial charge in [-0.1, -0.05) is 0 Å². The minimum absolute atomic E-state index is 0.228. The molecule has 21 heavy (non-hydrogen) atoms. The lowest BCUT2D eigenvalue weighted by Crippen LogP contribution is -2.10. The highest BCUT2D eigenvalue weighted by molar-refractivity contribution is 5.60. The Morgan fingerprint density at radius 2 is 1.76 bits per heavy atom. The van der Waals surface area contributed by atoms with Gasteiger partial charge in [-0.25, -0.2) is 14.4 Å². The topological polar surface area (TPSA) is 37.8 Å². The number of rotatable bonds is 5. The lowest BCUT2D eigenvalue weighted by Gasteiger charge is -2.12. The van der Waals surface area contributed by atoms with Gasteiger partial charge in [0.15, 0.2) is 5.82 Å². The lowest BCUT2D eigenvalue weighted by molar-refractivity contribution is 0.627. The molecule has 0 aliphatic carbocycles. The number of benzene rings is 1. The Kier molecular flexibility index (Phi) is 5.02. The molecule has 0 fully saturated rings. The van der Waals surface area contributed by atoms with E-state index in [1.54, 1.807) is 6.07 Å². The molecule has 0 unspecified atom stereocenters. The van der Waals surface area contributed by atoms with Gasteiger partial charge in [0, 0.05) is 17.0 Å². The van der Waals surface area contributed by atoms with Crippen molar-refractivity contribution in [2.45, 2.75) is 33.6 Å². The third kappa shape index (κ3) is 3.64. The third-order valence-corrected chi connectivity index (χ3v) is 3.70.